The number of carbonyl (C=O) groups is 1. The quantitative estimate of drug-likeness (QED) is 0.924. The van der Waals surface area contributed by atoms with Gasteiger partial charge in [0.05, 0.1) is 6.42 Å². The number of carbonyl (C=O) groups excluding carboxylic acids is 1. The van der Waals surface area contributed by atoms with Crippen molar-refractivity contribution in [3.05, 3.63) is 47.6 Å². The zero-order valence-electron chi connectivity index (χ0n) is 11.4. The van der Waals surface area contributed by atoms with E-state index in [0.29, 0.717) is 18.1 Å². The van der Waals surface area contributed by atoms with Crippen LogP contribution in [0.5, 0.6) is 0 Å². The first-order valence-corrected chi connectivity index (χ1v) is 6.84. The number of nitrogens with one attached hydrogen (secondary N) is 1. The highest BCUT2D eigenvalue weighted by atomic mass is 16.5. The number of amides is 1. The van der Waals surface area contributed by atoms with Gasteiger partial charge in [-0.05, 0) is 24.8 Å². The molecule has 1 N–H and O–H groups in total. The highest BCUT2D eigenvalue weighted by Crippen LogP contribution is 2.39. The van der Waals surface area contributed by atoms with E-state index in [4.69, 9.17) is 4.52 Å². The first kappa shape index (κ1) is 12.8. The van der Waals surface area contributed by atoms with E-state index in [-0.39, 0.29) is 5.91 Å². The Morgan fingerprint density at radius 3 is 2.65 bits per heavy atom. The van der Waals surface area contributed by atoms with Crippen LogP contribution in [0.4, 0.5) is 0 Å². The molecule has 1 aromatic heterocycles. The molecule has 5 nitrogen and oxygen atoms in total. The summed E-state index contributed by atoms with van der Waals surface area (Å²) in [7, 11) is 0. The van der Waals surface area contributed by atoms with Crippen LogP contribution in [0.2, 0.25) is 0 Å². The molecule has 0 spiro atoms. The predicted octanol–water partition coefficient (Wildman–Crippen LogP) is 2.12. The van der Waals surface area contributed by atoms with E-state index in [9.17, 15) is 4.79 Å². The van der Waals surface area contributed by atoms with Crippen molar-refractivity contribution in [1.82, 2.24) is 15.5 Å². The van der Waals surface area contributed by atoms with E-state index in [1.165, 1.54) is 0 Å². The van der Waals surface area contributed by atoms with Crippen LogP contribution in [-0.4, -0.2) is 16.0 Å². The van der Waals surface area contributed by atoms with Crippen LogP contribution in [0.1, 0.15) is 36.5 Å². The Morgan fingerprint density at radius 1 is 1.35 bits per heavy atom. The fraction of sp³-hybridized carbons (Fsp3) is 0.400. The molecule has 0 aliphatic heterocycles. The molecule has 104 valence electrons. The number of aryl methyl sites for hydroxylation is 1. The standard InChI is InChI=1S/C15H17N3O2/c1-11-16-14(18-20-11)15(8-5-9-15)17-13(19)10-12-6-3-2-4-7-12/h2-4,6-7H,5,8-10H2,1H3,(H,17,19). The summed E-state index contributed by atoms with van der Waals surface area (Å²) in [6.07, 6.45) is 3.18. The van der Waals surface area contributed by atoms with E-state index < -0.39 is 5.54 Å². The summed E-state index contributed by atoms with van der Waals surface area (Å²) in [4.78, 5) is 16.5. The highest BCUT2D eigenvalue weighted by Gasteiger charge is 2.44. The van der Waals surface area contributed by atoms with Crippen LogP contribution in [0.3, 0.4) is 0 Å². The molecule has 1 saturated carbocycles. The number of nitrogens with zero attached hydrogens (tertiary/aromatic N) is 2. The summed E-state index contributed by atoms with van der Waals surface area (Å²) in [5.74, 6) is 1.13. The summed E-state index contributed by atoms with van der Waals surface area (Å²) in [6, 6.07) is 9.71. The van der Waals surface area contributed by atoms with Crippen molar-refractivity contribution in [3.8, 4) is 0 Å². The van der Waals surface area contributed by atoms with Gasteiger partial charge in [-0.25, -0.2) is 0 Å². The van der Waals surface area contributed by atoms with E-state index in [1.807, 2.05) is 30.3 Å². The van der Waals surface area contributed by atoms with Gasteiger partial charge in [0.1, 0.15) is 5.54 Å². The van der Waals surface area contributed by atoms with E-state index in [0.717, 1.165) is 24.8 Å². The third kappa shape index (κ3) is 2.43. The SMILES string of the molecule is Cc1nc(C2(NC(=O)Cc3ccccc3)CCC2)no1. The average Bonchev–Trinajstić information content (AvgIpc) is 2.82. The minimum atomic E-state index is -0.427. The van der Waals surface area contributed by atoms with Gasteiger partial charge in [0.25, 0.3) is 0 Å². The van der Waals surface area contributed by atoms with Crippen molar-refractivity contribution in [1.29, 1.82) is 0 Å². The maximum Gasteiger partial charge on any atom is 0.225 e. The highest BCUT2D eigenvalue weighted by molar-refractivity contribution is 5.79. The summed E-state index contributed by atoms with van der Waals surface area (Å²) in [5.41, 5.74) is 0.577. The Balaban J connectivity index is 1.71. The number of benzene rings is 1. The molecule has 0 saturated heterocycles. The molecule has 0 atom stereocenters. The molecule has 2 aromatic rings. The first-order valence-electron chi connectivity index (χ1n) is 6.84. The average molecular weight is 271 g/mol. The second kappa shape index (κ2) is 5.07. The minimum absolute atomic E-state index is 0.00152. The fourth-order valence-electron chi connectivity index (χ4n) is 2.52. The van der Waals surface area contributed by atoms with Crippen LogP contribution >= 0.6 is 0 Å². The summed E-state index contributed by atoms with van der Waals surface area (Å²) in [6.45, 7) is 1.76. The van der Waals surface area contributed by atoms with Crippen LogP contribution in [0, 0.1) is 6.92 Å². The Kier molecular flexibility index (Phi) is 3.26. The van der Waals surface area contributed by atoms with Gasteiger partial charge in [-0.2, -0.15) is 4.98 Å². The lowest BCUT2D eigenvalue weighted by Crippen LogP contribution is -2.52. The lowest BCUT2D eigenvalue weighted by atomic mass is 9.76. The molecule has 1 aliphatic rings. The summed E-state index contributed by atoms with van der Waals surface area (Å²) >= 11 is 0. The molecule has 1 fully saturated rings. The molecule has 5 heteroatoms. The van der Waals surface area contributed by atoms with E-state index >= 15 is 0 Å². The Labute approximate surface area is 117 Å². The monoisotopic (exact) mass is 271 g/mol. The van der Waals surface area contributed by atoms with Crippen molar-refractivity contribution in [2.24, 2.45) is 0 Å². The predicted molar refractivity (Wildman–Crippen MR) is 72.9 cm³/mol. The van der Waals surface area contributed by atoms with E-state index in [2.05, 4.69) is 15.5 Å². The molecule has 1 aliphatic carbocycles. The second-order valence-corrected chi connectivity index (χ2v) is 5.28. The topological polar surface area (TPSA) is 68.0 Å². The maximum atomic E-state index is 12.2. The maximum absolute atomic E-state index is 12.2. The van der Waals surface area contributed by atoms with Gasteiger partial charge in [-0.15, -0.1) is 0 Å². The van der Waals surface area contributed by atoms with Gasteiger partial charge < -0.3 is 9.84 Å². The van der Waals surface area contributed by atoms with E-state index in [1.54, 1.807) is 6.92 Å². The molecule has 3 rings (SSSR count). The van der Waals surface area contributed by atoms with Gasteiger partial charge in [-0.3, -0.25) is 4.79 Å². The first-order chi connectivity index (χ1) is 9.68. The number of rotatable bonds is 4. The zero-order chi connectivity index (χ0) is 14.0. The second-order valence-electron chi connectivity index (χ2n) is 5.28. The van der Waals surface area contributed by atoms with Crippen LogP contribution < -0.4 is 5.32 Å². The molecule has 0 radical (unpaired) electrons. The van der Waals surface area contributed by atoms with Gasteiger partial charge >= 0.3 is 0 Å². The van der Waals surface area contributed by atoms with Crippen molar-refractivity contribution >= 4 is 5.91 Å². The summed E-state index contributed by atoms with van der Waals surface area (Å²) < 4.78 is 5.03. The van der Waals surface area contributed by atoms with Crippen molar-refractivity contribution in [2.75, 3.05) is 0 Å². The van der Waals surface area contributed by atoms with Gasteiger partial charge in [-0.1, -0.05) is 35.5 Å². The molecular weight excluding hydrogens is 254 g/mol. The fourth-order valence-corrected chi connectivity index (χ4v) is 2.52. The number of hydrogen-bond donors (Lipinski definition) is 1. The Morgan fingerprint density at radius 2 is 2.10 bits per heavy atom. The summed E-state index contributed by atoms with van der Waals surface area (Å²) in [5, 5.41) is 7.05. The third-order valence-electron chi connectivity index (χ3n) is 3.75. The molecule has 20 heavy (non-hydrogen) atoms. The van der Waals surface area contributed by atoms with Crippen molar-refractivity contribution in [2.45, 2.75) is 38.1 Å². The third-order valence-corrected chi connectivity index (χ3v) is 3.75. The van der Waals surface area contributed by atoms with Crippen molar-refractivity contribution < 1.29 is 9.32 Å². The molecule has 1 heterocycles. The van der Waals surface area contributed by atoms with Crippen LogP contribution in [0.25, 0.3) is 0 Å². The minimum Gasteiger partial charge on any atom is -0.343 e. The molecule has 0 bridgehead atoms. The number of aromatic nitrogens is 2. The van der Waals surface area contributed by atoms with Crippen LogP contribution in [-0.2, 0) is 16.8 Å². The van der Waals surface area contributed by atoms with Crippen molar-refractivity contribution in [3.63, 3.8) is 0 Å². The molecule has 1 aromatic carbocycles. The van der Waals surface area contributed by atoms with Gasteiger partial charge in [0.2, 0.25) is 11.8 Å². The molecule has 1 amide bonds. The number of hydrogen-bond acceptors (Lipinski definition) is 4. The zero-order valence-corrected chi connectivity index (χ0v) is 11.4. The molecule has 0 unspecified atom stereocenters. The largest absolute Gasteiger partial charge is 0.343 e. The van der Waals surface area contributed by atoms with Gasteiger partial charge in [0.15, 0.2) is 5.82 Å². The van der Waals surface area contributed by atoms with Gasteiger partial charge in [0, 0.05) is 6.92 Å². The smallest absolute Gasteiger partial charge is 0.225 e. The molecular formula is C15H17N3O2. The Bertz CT molecular complexity index is 603. The lowest BCUT2D eigenvalue weighted by Gasteiger charge is -2.39. The van der Waals surface area contributed by atoms with Crippen LogP contribution in [0.15, 0.2) is 34.9 Å². The normalized spacial score (nSPS) is 16.4. The Hall–Kier alpha value is -2.17. The lowest BCUT2D eigenvalue weighted by molar-refractivity contribution is -0.123.